The normalized spacial score (nSPS) is 13.3. The van der Waals surface area contributed by atoms with Gasteiger partial charge in [0, 0.05) is 18.8 Å². The second kappa shape index (κ2) is 3.71. The third-order valence-corrected chi connectivity index (χ3v) is 2.22. The van der Waals surface area contributed by atoms with Crippen LogP contribution in [0.4, 0.5) is 0 Å². The van der Waals surface area contributed by atoms with Gasteiger partial charge in [-0.05, 0) is 12.5 Å². The molecule has 14 heavy (non-hydrogen) atoms. The molecule has 0 fully saturated rings. The Kier molecular flexibility index (Phi) is 2.41. The molecule has 1 atom stereocenters. The molecule has 0 radical (unpaired) electrons. The molecular formula is C9H13N5. The predicted molar refractivity (Wildman–Crippen MR) is 52.7 cm³/mol. The van der Waals surface area contributed by atoms with Crippen molar-refractivity contribution in [3.8, 4) is 0 Å². The van der Waals surface area contributed by atoms with Gasteiger partial charge >= 0.3 is 0 Å². The Labute approximate surface area is 82.0 Å². The molecule has 2 N–H and O–H groups in total. The number of aromatic nitrogens is 4. The van der Waals surface area contributed by atoms with E-state index in [1.54, 1.807) is 12.4 Å². The van der Waals surface area contributed by atoms with Gasteiger partial charge in [0.15, 0.2) is 5.65 Å². The van der Waals surface area contributed by atoms with Gasteiger partial charge in [0.05, 0.1) is 6.20 Å². The number of hydrogen-bond acceptors (Lipinski definition) is 4. The third-order valence-electron chi connectivity index (χ3n) is 2.22. The molecule has 0 bridgehead atoms. The lowest BCUT2D eigenvalue weighted by atomic mass is 10.1. The zero-order chi connectivity index (χ0) is 9.97. The average molecular weight is 191 g/mol. The molecule has 0 aliphatic heterocycles. The standard InChI is InChI=1S/C9H13N5/c1-7(5-10)4-8-12-13-9-6-11-2-3-14(8)9/h2-3,6-7H,4-5,10H2,1H3. The minimum atomic E-state index is 0.426. The van der Waals surface area contributed by atoms with Crippen LogP contribution in [0.2, 0.25) is 0 Å². The van der Waals surface area contributed by atoms with Crippen molar-refractivity contribution in [3.05, 3.63) is 24.4 Å². The smallest absolute Gasteiger partial charge is 0.179 e. The fourth-order valence-corrected chi connectivity index (χ4v) is 1.34. The van der Waals surface area contributed by atoms with Gasteiger partial charge in [-0.25, -0.2) is 0 Å². The van der Waals surface area contributed by atoms with Gasteiger partial charge in [0.25, 0.3) is 0 Å². The molecule has 2 aromatic rings. The van der Waals surface area contributed by atoms with Gasteiger partial charge in [-0.2, -0.15) is 0 Å². The first-order valence-corrected chi connectivity index (χ1v) is 4.65. The van der Waals surface area contributed by atoms with Gasteiger partial charge < -0.3 is 5.73 Å². The largest absolute Gasteiger partial charge is 0.330 e. The Morgan fingerprint density at radius 1 is 1.50 bits per heavy atom. The summed E-state index contributed by atoms with van der Waals surface area (Å²) in [6.45, 7) is 2.77. The lowest BCUT2D eigenvalue weighted by Crippen LogP contribution is -2.14. The summed E-state index contributed by atoms with van der Waals surface area (Å²) in [6, 6.07) is 0. The molecule has 0 amide bonds. The van der Waals surface area contributed by atoms with E-state index in [1.807, 2.05) is 10.6 Å². The molecule has 0 saturated heterocycles. The molecule has 0 aliphatic rings. The van der Waals surface area contributed by atoms with Crippen molar-refractivity contribution < 1.29 is 0 Å². The fraction of sp³-hybridized carbons (Fsp3) is 0.444. The topological polar surface area (TPSA) is 69.1 Å². The number of fused-ring (bicyclic) bond motifs is 1. The summed E-state index contributed by atoms with van der Waals surface area (Å²) in [7, 11) is 0. The molecular weight excluding hydrogens is 178 g/mol. The van der Waals surface area contributed by atoms with E-state index in [0.717, 1.165) is 17.9 Å². The van der Waals surface area contributed by atoms with E-state index in [1.165, 1.54) is 0 Å². The summed E-state index contributed by atoms with van der Waals surface area (Å²) >= 11 is 0. The van der Waals surface area contributed by atoms with Crippen LogP contribution in [0, 0.1) is 5.92 Å². The van der Waals surface area contributed by atoms with E-state index < -0.39 is 0 Å². The third kappa shape index (κ3) is 1.58. The second-order valence-electron chi connectivity index (χ2n) is 3.47. The molecule has 2 aromatic heterocycles. The van der Waals surface area contributed by atoms with E-state index in [-0.39, 0.29) is 0 Å². The highest BCUT2D eigenvalue weighted by atomic mass is 15.2. The highest BCUT2D eigenvalue weighted by Crippen LogP contribution is 2.06. The SMILES string of the molecule is CC(CN)Cc1nnc2cnccn12. The van der Waals surface area contributed by atoms with Crippen LogP contribution in [0.15, 0.2) is 18.6 Å². The molecule has 2 rings (SSSR count). The Balaban J connectivity index is 2.33. The molecule has 0 aliphatic carbocycles. The number of nitrogens with zero attached hydrogens (tertiary/aromatic N) is 4. The molecule has 0 spiro atoms. The highest BCUT2D eigenvalue weighted by molar-refractivity contribution is 5.33. The van der Waals surface area contributed by atoms with Crippen molar-refractivity contribution in [3.63, 3.8) is 0 Å². The van der Waals surface area contributed by atoms with Gasteiger partial charge in [-0.1, -0.05) is 6.92 Å². The molecule has 1 unspecified atom stereocenters. The van der Waals surface area contributed by atoms with Crippen molar-refractivity contribution in [2.75, 3.05) is 6.54 Å². The Bertz CT molecular complexity index is 422. The van der Waals surface area contributed by atoms with Crippen molar-refractivity contribution in [2.45, 2.75) is 13.3 Å². The summed E-state index contributed by atoms with van der Waals surface area (Å²) in [5.41, 5.74) is 6.35. The maximum Gasteiger partial charge on any atom is 0.179 e. The summed E-state index contributed by atoms with van der Waals surface area (Å²) in [6.07, 6.45) is 6.15. The maximum absolute atomic E-state index is 5.56. The van der Waals surface area contributed by atoms with Crippen LogP contribution >= 0.6 is 0 Å². The van der Waals surface area contributed by atoms with Crippen molar-refractivity contribution in [2.24, 2.45) is 11.7 Å². The number of nitrogens with two attached hydrogens (primary N) is 1. The second-order valence-corrected chi connectivity index (χ2v) is 3.47. The molecule has 0 aromatic carbocycles. The number of rotatable bonds is 3. The molecule has 74 valence electrons. The van der Waals surface area contributed by atoms with E-state index in [2.05, 4.69) is 22.1 Å². The quantitative estimate of drug-likeness (QED) is 0.755. The maximum atomic E-state index is 5.56. The first-order chi connectivity index (χ1) is 6.81. The summed E-state index contributed by atoms with van der Waals surface area (Å²) in [4.78, 5) is 3.98. The Morgan fingerprint density at radius 2 is 2.36 bits per heavy atom. The zero-order valence-corrected chi connectivity index (χ0v) is 8.09. The van der Waals surface area contributed by atoms with Gasteiger partial charge in [-0.3, -0.25) is 9.38 Å². The van der Waals surface area contributed by atoms with E-state index >= 15 is 0 Å². The summed E-state index contributed by atoms with van der Waals surface area (Å²) in [5.74, 6) is 1.37. The van der Waals surface area contributed by atoms with Gasteiger partial charge in [-0.15, -0.1) is 10.2 Å². The van der Waals surface area contributed by atoms with E-state index in [4.69, 9.17) is 5.73 Å². The van der Waals surface area contributed by atoms with Crippen LogP contribution in [0.1, 0.15) is 12.7 Å². The molecule has 2 heterocycles. The lowest BCUT2D eigenvalue weighted by Gasteiger charge is -2.05. The van der Waals surface area contributed by atoms with Crippen molar-refractivity contribution in [1.82, 2.24) is 19.6 Å². The molecule has 5 nitrogen and oxygen atoms in total. The highest BCUT2D eigenvalue weighted by Gasteiger charge is 2.08. The Hall–Kier alpha value is -1.49. The minimum absolute atomic E-state index is 0.426. The van der Waals surface area contributed by atoms with E-state index in [9.17, 15) is 0 Å². The summed E-state index contributed by atoms with van der Waals surface area (Å²) in [5, 5.41) is 8.12. The lowest BCUT2D eigenvalue weighted by molar-refractivity contribution is 0.570. The van der Waals surface area contributed by atoms with E-state index in [0.29, 0.717) is 12.5 Å². The van der Waals surface area contributed by atoms with Crippen LogP contribution in [0.5, 0.6) is 0 Å². The average Bonchev–Trinajstić information content (AvgIpc) is 2.62. The monoisotopic (exact) mass is 191 g/mol. The molecule has 5 heteroatoms. The van der Waals surface area contributed by atoms with Crippen molar-refractivity contribution >= 4 is 5.65 Å². The molecule has 0 saturated carbocycles. The minimum Gasteiger partial charge on any atom is -0.330 e. The van der Waals surface area contributed by atoms with Gasteiger partial charge in [0.2, 0.25) is 0 Å². The first-order valence-electron chi connectivity index (χ1n) is 4.65. The Morgan fingerprint density at radius 3 is 3.14 bits per heavy atom. The zero-order valence-electron chi connectivity index (χ0n) is 8.09. The van der Waals surface area contributed by atoms with Crippen molar-refractivity contribution in [1.29, 1.82) is 0 Å². The van der Waals surface area contributed by atoms with Crippen LogP contribution in [0.25, 0.3) is 5.65 Å². The first kappa shape index (κ1) is 9.08. The van der Waals surface area contributed by atoms with Crippen LogP contribution in [-0.2, 0) is 6.42 Å². The van der Waals surface area contributed by atoms with Crippen LogP contribution in [-0.4, -0.2) is 26.1 Å². The number of hydrogen-bond donors (Lipinski definition) is 1. The van der Waals surface area contributed by atoms with Gasteiger partial charge in [0.1, 0.15) is 5.82 Å². The summed E-state index contributed by atoms with van der Waals surface area (Å²) < 4.78 is 1.94. The van der Waals surface area contributed by atoms with Crippen LogP contribution < -0.4 is 5.73 Å². The van der Waals surface area contributed by atoms with Crippen LogP contribution in [0.3, 0.4) is 0 Å². The predicted octanol–water partition coefficient (Wildman–Crippen LogP) is 0.262. The fourth-order valence-electron chi connectivity index (χ4n) is 1.34.